The Balaban J connectivity index is 2.42. The Labute approximate surface area is 104 Å². The second-order valence-electron chi connectivity index (χ2n) is 3.29. The first-order valence-corrected chi connectivity index (χ1v) is 6.29. The van der Waals surface area contributed by atoms with Gasteiger partial charge in [-0.1, -0.05) is 0 Å². The lowest BCUT2D eigenvalue weighted by molar-refractivity contribution is -0.138. The monoisotopic (exact) mass is 279 g/mol. The van der Waals surface area contributed by atoms with Gasteiger partial charge in [0.25, 0.3) is 0 Å². The Morgan fingerprint density at radius 1 is 1.35 bits per heavy atom. The molecule has 0 saturated carbocycles. The molecule has 17 heavy (non-hydrogen) atoms. The van der Waals surface area contributed by atoms with E-state index in [0.717, 1.165) is 28.4 Å². The number of aromatic nitrogens is 2. The lowest BCUT2D eigenvalue weighted by atomic mass is 10.0. The summed E-state index contributed by atoms with van der Waals surface area (Å²) >= 11 is 2.01. The summed E-state index contributed by atoms with van der Waals surface area (Å²) in [7, 11) is 1.60. The number of thiophene rings is 1. The van der Waals surface area contributed by atoms with Gasteiger partial charge in [-0.15, -0.1) is 0 Å². The highest BCUT2D eigenvalue weighted by Gasteiger charge is 2.36. The first-order valence-electron chi connectivity index (χ1n) is 4.62. The summed E-state index contributed by atoms with van der Waals surface area (Å²) in [4.78, 5) is 0. The number of halogens is 3. The van der Waals surface area contributed by atoms with Gasteiger partial charge in [-0.3, -0.25) is 0 Å². The minimum absolute atomic E-state index is 0.192. The van der Waals surface area contributed by atoms with Crippen LogP contribution in [0, 0.1) is 0 Å². The molecule has 8 heteroatoms. The third-order valence-corrected chi connectivity index (χ3v) is 3.53. The molecule has 2 aromatic heterocycles. The second-order valence-corrected chi connectivity index (χ2v) is 4.59. The number of hydrogen-bond donors (Lipinski definition) is 1. The van der Waals surface area contributed by atoms with Crippen LogP contribution in [0.25, 0.3) is 0 Å². The molecule has 2 heterocycles. The van der Waals surface area contributed by atoms with E-state index >= 15 is 0 Å². The number of alkyl halides is 3. The fraction of sp³-hybridized carbons (Fsp3) is 0.333. The molecule has 3 nitrogen and oxygen atoms in total. The van der Waals surface area contributed by atoms with E-state index in [4.69, 9.17) is 0 Å². The first kappa shape index (κ1) is 12.5. The Morgan fingerprint density at radius 3 is 2.65 bits per heavy atom. The molecule has 2 rings (SSSR count). The molecule has 0 aromatic carbocycles. The van der Waals surface area contributed by atoms with Gasteiger partial charge in [0.1, 0.15) is 0 Å². The molecular weight excluding hydrogens is 271 g/mol. The average molecular weight is 279 g/mol. The SMILES string of the molecule is CNC(c1cnsn1)c1cscc1C(F)(F)F. The number of hydrogen-bond acceptors (Lipinski definition) is 5. The fourth-order valence-corrected chi connectivity index (χ4v) is 2.86. The molecule has 1 unspecified atom stereocenters. The van der Waals surface area contributed by atoms with Gasteiger partial charge >= 0.3 is 6.18 Å². The zero-order valence-electron chi connectivity index (χ0n) is 8.65. The van der Waals surface area contributed by atoms with Gasteiger partial charge in [0.15, 0.2) is 0 Å². The van der Waals surface area contributed by atoms with Crippen molar-refractivity contribution in [2.45, 2.75) is 12.2 Å². The normalized spacial score (nSPS) is 13.9. The number of nitrogens with one attached hydrogen (secondary N) is 1. The molecule has 1 N–H and O–H groups in total. The molecule has 0 amide bonds. The topological polar surface area (TPSA) is 37.8 Å². The molecule has 0 aliphatic rings. The quantitative estimate of drug-likeness (QED) is 0.938. The third-order valence-electron chi connectivity index (χ3n) is 2.27. The Bertz CT molecular complexity index is 478. The van der Waals surface area contributed by atoms with E-state index in [9.17, 15) is 13.2 Å². The lowest BCUT2D eigenvalue weighted by Crippen LogP contribution is -2.20. The molecule has 0 saturated heterocycles. The Kier molecular flexibility index (Phi) is 3.45. The Hall–Kier alpha value is -0.990. The van der Waals surface area contributed by atoms with E-state index in [0.29, 0.717) is 5.69 Å². The van der Waals surface area contributed by atoms with Crippen LogP contribution < -0.4 is 5.32 Å². The van der Waals surface area contributed by atoms with Gasteiger partial charge in [-0.2, -0.15) is 33.3 Å². The van der Waals surface area contributed by atoms with Gasteiger partial charge in [-0.25, -0.2) is 0 Å². The van der Waals surface area contributed by atoms with Gasteiger partial charge in [0.05, 0.1) is 35.2 Å². The molecular formula is C9H8F3N3S2. The molecule has 0 bridgehead atoms. The molecule has 0 aliphatic heterocycles. The highest BCUT2D eigenvalue weighted by Crippen LogP contribution is 2.38. The molecule has 2 aromatic rings. The predicted octanol–water partition coefficient (Wildman–Crippen LogP) is 2.93. The number of nitrogens with zero attached hydrogens (tertiary/aromatic N) is 2. The summed E-state index contributed by atoms with van der Waals surface area (Å²) in [5.74, 6) is 0. The fourth-order valence-electron chi connectivity index (χ4n) is 1.52. The van der Waals surface area contributed by atoms with Crippen LogP contribution in [0.3, 0.4) is 0 Å². The van der Waals surface area contributed by atoms with Crippen LogP contribution >= 0.6 is 23.1 Å². The molecule has 1 atom stereocenters. The second kappa shape index (κ2) is 4.71. The van der Waals surface area contributed by atoms with E-state index in [1.807, 2.05) is 0 Å². The maximum Gasteiger partial charge on any atom is 0.417 e. The first-order chi connectivity index (χ1) is 8.04. The van der Waals surface area contributed by atoms with Crippen LogP contribution in [0.5, 0.6) is 0 Å². The number of rotatable bonds is 3. The van der Waals surface area contributed by atoms with Crippen molar-refractivity contribution in [1.29, 1.82) is 0 Å². The van der Waals surface area contributed by atoms with Crippen molar-refractivity contribution in [2.75, 3.05) is 7.05 Å². The van der Waals surface area contributed by atoms with Crippen LogP contribution in [0.1, 0.15) is 22.9 Å². The highest BCUT2D eigenvalue weighted by atomic mass is 32.1. The van der Waals surface area contributed by atoms with E-state index in [-0.39, 0.29) is 5.56 Å². The van der Waals surface area contributed by atoms with Crippen molar-refractivity contribution in [3.8, 4) is 0 Å². The molecule has 0 fully saturated rings. The summed E-state index contributed by atoms with van der Waals surface area (Å²) in [6, 6.07) is -0.573. The summed E-state index contributed by atoms with van der Waals surface area (Å²) in [5.41, 5.74) is 0.0777. The van der Waals surface area contributed by atoms with Gasteiger partial charge < -0.3 is 5.32 Å². The van der Waals surface area contributed by atoms with Gasteiger partial charge in [0.2, 0.25) is 0 Å². The summed E-state index contributed by atoms with van der Waals surface area (Å²) in [6.45, 7) is 0. The third kappa shape index (κ3) is 2.48. The molecule has 0 spiro atoms. The van der Waals surface area contributed by atoms with E-state index < -0.39 is 17.8 Å². The van der Waals surface area contributed by atoms with Crippen LogP contribution in [0.2, 0.25) is 0 Å². The van der Waals surface area contributed by atoms with E-state index in [1.54, 1.807) is 7.05 Å². The summed E-state index contributed by atoms with van der Waals surface area (Å²) in [5, 5.41) is 5.43. The molecule has 92 valence electrons. The maximum absolute atomic E-state index is 12.8. The van der Waals surface area contributed by atoms with Crippen LogP contribution in [-0.4, -0.2) is 15.8 Å². The van der Waals surface area contributed by atoms with Crippen molar-refractivity contribution in [3.05, 3.63) is 33.8 Å². The minimum Gasteiger partial charge on any atom is -0.308 e. The minimum atomic E-state index is -4.34. The summed E-state index contributed by atoms with van der Waals surface area (Å²) < 4.78 is 46.1. The maximum atomic E-state index is 12.8. The van der Waals surface area contributed by atoms with Gasteiger partial charge in [-0.05, 0) is 18.0 Å². The lowest BCUT2D eigenvalue weighted by Gasteiger charge is -2.15. The zero-order valence-corrected chi connectivity index (χ0v) is 10.3. The summed E-state index contributed by atoms with van der Waals surface area (Å²) in [6.07, 6.45) is -2.86. The highest BCUT2D eigenvalue weighted by molar-refractivity contribution is 7.08. The largest absolute Gasteiger partial charge is 0.417 e. The predicted molar refractivity (Wildman–Crippen MR) is 60.1 cm³/mol. The van der Waals surface area contributed by atoms with Crippen LogP contribution in [-0.2, 0) is 6.18 Å². The Morgan fingerprint density at radius 2 is 2.12 bits per heavy atom. The van der Waals surface area contributed by atoms with Crippen molar-refractivity contribution < 1.29 is 13.2 Å². The molecule has 0 aliphatic carbocycles. The van der Waals surface area contributed by atoms with E-state index in [2.05, 4.69) is 14.1 Å². The van der Waals surface area contributed by atoms with Crippen molar-refractivity contribution in [1.82, 2.24) is 14.1 Å². The van der Waals surface area contributed by atoms with Crippen molar-refractivity contribution in [2.24, 2.45) is 0 Å². The van der Waals surface area contributed by atoms with Gasteiger partial charge in [0, 0.05) is 5.38 Å². The van der Waals surface area contributed by atoms with Crippen molar-refractivity contribution >= 4 is 23.1 Å². The zero-order chi connectivity index (χ0) is 12.5. The van der Waals surface area contributed by atoms with Crippen molar-refractivity contribution in [3.63, 3.8) is 0 Å². The van der Waals surface area contributed by atoms with Crippen LogP contribution in [0.15, 0.2) is 17.0 Å². The van der Waals surface area contributed by atoms with E-state index in [1.165, 1.54) is 11.6 Å². The standard InChI is InChI=1S/C9H8F3N3S2/c1-13-8(7-2-14-17-15-7)5-3-16-4-6(5)9(10,11)12/h2-4,8,13H,1H3. The van der Waals surface area contributed by atoms with Crippen LogP contribution in [0.4, 0.5) is 13.2 Å². The average Bonchev–Trinajstić information content (AvgIpc) is 2.87. The molecule has 0 radical (unpaired) electrons. The smallest absolute Gasteiger partial charge is 0.308 e.